The summed E-state index contributed by atoms with van der Waals surface area (Å²) in [6, 6.07) is 1.95. The molecule has 5 nitrogen and oxygen atoms in total. The Balaban J connectivity index is 2.56. The number of hydrogen-bond acceptors (Lipinski definition) is 4. The highest BCUT2D eigenvalue weighted by Gasteiger charge is 2.40. The van der Waals surface area contributed by atoms with Gasteiger partial charge in [0.2, 0.25) is 0 Å². The van der Waals surface area contributed by atoms with Crippen LogP contribution in [0.5, 0.6) is 0 Å². The van der Waals surface area contributed by atoms with Crippen molar-refractivity contribution in [2.45, 2.75) is 12.0 Å². The molecule has 5 heteroatoms. The van der Waals surface area contributed by atoms with Gasteiger partial charge in [0.15, 0.2) is 5.60 Å². The fourth-order valence-electron chi connectivity index (χ4n) is 1.31. The standard InChI is InChI=1S/C7H11N3O2/c8-2-4-10-3-1-7(12,5-10)6(9)11/h12H,1,3-5H2,(H2,9,11). The second-order valence-electron chi connectivity index (χ2n) is 3.01. The third-order valence-corrected chi connectivity index (χ3v) is 2.08. The van der Waals surface area contributed by atoms with Gasteiger partial charge < -0.3 is 10.8 Å². The lowest BCUT2D eigenvalue weighted by atomic mass is 10.0. The minimum atomic E-state index is -1.42. The average molecular weight is 169 g/mol. The maximum atomic E-state index is 10.7. The van der Waals surface area contributed by atoms with Gasteiger partial charge in [0.25, 0.3) is 5.91 Å². The highest BCUT2D eigenvalue weighted by Crippen LogP contribution is 2.19. The Morgan fingerprint density at radius 3 is 2.92 bits per heavy atom. The van der Waals surface area contributed by atoms with Crippen molar-refractivity contribution in [2.75, 3.05) is 19.6 Å². The Morgan fingerprint density at radius 1 is 1.83 bits per heavy atom. The minimum Gasteiger partial charge on any atom is -0.379 e. The van der Waals surface area contributed by atoms with E-state index in [0.29, 0.717) is 13.0 Å². The average Bonchev–Trinajstić information content (AvgIpc) is 2.34. The maximum Gasteiger partial charge on any atom is 0.250 e. The number of nitriles is 1. The molecule has 0 radical (unpaired) electrons. The second kappa shape index (κ2) is 3.09. The third kappa shape index (κ3) is 1.55. The Kier molecular flexibility index (Phi) is 2.31. The van der Waals surface area contributed by atoms with Crippen LogP contribution in [0.15, 0.2) is 0 Å². The van der Waals surface area contributed by atoms with Gasteiger partial charge in [0.05, 0.1) is 12.6 Å². The molecule has 0 aromatic rings. The third-order valence-electron chi connectivity index (χ3n) is 2.08. The summed E-state index contributed by atoms with van der Waals surface area (Å²) in [5, 5.41) is 17.9. The predicted molar refractivity (Wildman–Crippen MR) is 40.8 cm³/mol. The number of likely N-dealkylation sites (tertiary alicyclic amines) is 1. The summed E-state index contributed by atoms with van der Waals surface area (Å²) < 4.78 is 0. The molecule has 0 aromatic heterocycles. The normalized spacial score (nSPS) is 30.0. The van der Waals surface area contributed by atoms with E-state index in [4.69, 9.17) is 11.0 Å². The Hall–Kier alpha value is -1.12. The topological polar surface area (TPSA) is 90.3 Å². The lowest BCUT2D eigenvalue weighted by molar-refractivity contribution is -0.134. The van der Waals surface area contributed by atoms with Crippen molar-refractivity contribution in [1.82, 2.24) is 4.90 Å². The number of nitrogens with two attached hydrogens (primary N) is 1. The van der Waals surface area contributed by atoms with Crippen LogP contribution in [0.25, 0.3) is 0 Å². The van der Waals surface area contributed by atoms with E-state index in [1.807, 2.05) is 6.07 Å². The predicted octanol–water partition coefficient (Wildman–Crippen LogP) is -1.57. The number of carbonyl (C=O) groups is 1. The van der Waals surface area contributed by atoms with E-state index >= 15 is 0 Å². The van der Waals surface area contributed by atoms with Crippen LogP contribution in [-0.2, 0) is 4.79 Å². The van der Waals surface area contributed by atoms with Crippen LogP contribution in [0.3, 0.4) is 0 Å². The van der Waals surface area contributed by atoms with Crippen molar-refractivity contribution >= 4 is 5.91 Å². The van der Waals surface area contributed by atoms with Crippen LogP contribution in [0.4, 0.5) is 0 Å². The van der Waals surface area contributed by atoms with E-state index in [9.17, 15) is 9.90 Å². The number of carbonyl (C=O) groups excluding carboxylic acids is 1. The van der Waals surface area contributed by atoms with Gasteiger partial charge in [-0.1, -0.05) is 0 Å². The van der Waals surface area contributed by atoms with E-state index < -0.39 is 11.5 Å². The summed E-state index contributed by atoms with van der Waals surface area (Å²) in [5.74, 6) is -0.706. The first-order valence-electron chi connectivity index (χ1n) is 3.70. The quantitative estimate of drug-likeness (QED) is 0.489. The van der Waals surface area contributed by atoms with E-state index in [-0.39, 0.29) is 13.1 Å². The molecule has 1 rings (SSSR count). The largest absolute Gasteiger partial charge is 0.379 e. The molecular weight excluding hydrogens is 158 g/mol. The number of β-amino-alcohol motifs (C(OH)–C–C–N with tert-alkyl or cyclic N) is 1. The molecule has 1 fully saturated rings. The molecule has 1 atom stereocenters. The lowest BCUT2D eigenvalue weighted by Crippen LogP contribution is -2.46. The summed E-state index contributed by atoms with van der Waals surface area (Å²) in [6.07, 6.45) is 0.323. The zero-order valence-corrected chi connectivity index (χ0v) is 6.66. The van der Waals surface area contributed by atoms with Gasteiger partial charge in [0, 0.05) is 13.1 Å². The van der Waals surface area contributed by atoms with E-state index in [1.54, 1.807) is 4.90 Å². The molecule has 1 heterocycles. The zero-order valence-electron chi connectivity index (χ0n) is 6.66. The number of rotatable bonds is 2. The summed E-state index contributed by atoms with van der Waals surface area (Å²) in [6.45, 7) is 0.957. The second-order valence-corrected chi connectivity index (χ2v) is 3.01. The van der Waals surface area contributed by atoms with Gasteiger partial charge in [-0.3, -0.25) is 9.69 Å². The molecule has 1 saturated heterocycles. The lowest BCUT2D eigenvalue weighted by Gasteiger charge is -2.17. The molecule has 0 saturated carbocycles. The fourth-order valence-corrected chi connectivity index (χ4v) is 1.31. The molecule has 0 aliphatic carbocycles. The molecule has 1 unspecified atom stereocenters. The van der Waals surface area contributed by atoms with E-state index in [2.05, 4.69) is 0 Å². The monoisotopic (exact) mass is 169 g/mol. The van der Waals surface area contributed by atoms with Gasteiger partial charge in [-0.25, -0.2) is 0 Å². The number of aliphatic hydroxyl groups is 1. The van der Waals surface area contributed by atoms with Crippen molar-refractivity contribution in [3.63, 3.8) is 0 Å². The van der Waals surface area contributed by atoms with E-state index in [1.165, 1.54) is 0 Å². The maximum absolute atomic E-state index is 10.7. The molecule has 1 aliphatic rings. The van der Waals surface area contributed by atoms with Gasteiger partial charge in [-0.15, -0.1) is 0 Å². The summed E-state index contributed by atoms with van der Waals surface area (Å²) in [7, 11) is 0. The van der Waals surface area contributed by atoms with Crippen molar-refractivity contribution in [2.24, 2.45) is 5.73 Å². The van der Waals surface area contributed by atoms with Crippen LogP contribution < -0.4 is 5.73 Å². The van der Waals surface area contributed by atoms with Gasteiger partial charge >= 0.3 is 0 Å². The molecule has 1 amide bonds. The van der Waals surface area contributed by atoms with Crippen molar-refractivity contribution < 1.29 is 9.90 Å². The summed E-state index contributed by atoms with van der Waals surface area (Å²) in [4.78, 5) is 12.4. The van der Waals surface area contributed by atoms with Crippen LogP contribution in [0.2, 0.25) is 0 Å². The van der Waals surface area contributed by atoms with Crippen LogP contribution >= 0.6 is 0 Å². The van der Waals surface area contributed by atoms with E-state index in [0.717, 1.165) is 0 Å². The molecule has 0 aromatic carbocycles. The number of amides is 1. The van der Waals surface area contributed by atoms with Gasteiger partial charge in [-0.05, 0) is 6.42 Å². The molecule has 3 N–H and O–H groups in total. The van der Waals surface area contributed by atoms with Crippen LogP contribution in [0.1, 0.15) is 6.42 Å². The van der Waals surface area contributed by atoms with Crippen molar-refractivity contribution in [3.8, 4) is 6.07 Å². The smallest absolute Gasteiger partial charge is 0.250 e. The van der Waals surface area contributed by atoms with Crippen LogP contribution in [0, 0.1) is 11.3 Å². The van der Waals surface area contributed by atoms with Gasteiger partial charge in [0.1, 0.15) is 0 Å². The molecule has 0 spiro atoms. The Bertz CT molecular complexity index is 235. The molecular formula is C7H11N3O2. The highest BCUT2D eigenvalue weighted by atomic mass is 16.3. The fraction of sp³-hybridized carbons (Fsp3) is 0.714. The minimum absolute atomic E-state index is 0.176. The first-order valence-corrected chi connectivity index (χ1v) is 3.70. The Morgan fingerprint density at radius 2 is 2.50 bits per heavy atom. The molecule has 66 valence electrons. The number of primary amides is 1. The SMILES string of the molecule is N#CCN1CCC(O)(C(N)=O)C1. The molecule has 1 aliphatic heterocycles. The Labute approximate surface area is 70.4 Å². The highest BCUT2D eigenvalue weighted by molar-refractivity contribution is 5.83. The van der Waals surface area contributed by atoms with Crippen molar-refractivity contribution in [3.05, 3.63) is 0 Å². The van der Waals surface area contributed by atoms with Crippen LogP contribution in [-0.4, -0.2) is 41.1 Å². The first kappa shape index (κ1) is 8.97. The molecule has 0 bridgehead atoms. The summed E-state index contributed by atoms with van der Waals surface area (Å²) >= 11 is 0. The molecule has 12 heavy (non-hydrogen) atoms. The first-order chi connectivity index (χ1) is 5.58. The zero-order chi connectivity index (χ0) is 9.19. The number of hydrogen-bond donors (Lipinski definition) is 2. The number of nitrogens with zero attached hydrogens (tertiary/aromatic N) is 2. The van der Waals surface area contributed by atoms with Gasteiger partial charge in [-0.2, -0.15) is 5.26 Å². The summed E-state index contributed by atoms with van der Waals surface area (Å²) in [5.41, 5.74) is 3.57. The van der Waals surface area contributed by atoms with Crippen molar-refractivity contribution in [1.29, 1.82) is 5.26 Å².